The SMILES string of the molecule is NC(CCc1ccccc1)C(=O)NCc1cnc[nH]1. The van der Waals surface area contributed by atoms with Crippen LogP contribution in [0.25, 0.3) is 0 Å². The first-order valence-electron chi connectivity index (χ1n) is 6.30. The molecule has 0 saturated carbocycles. The van der Waals surface area contributed by atoms with E-state index in [2.05, 4.69) is 15.3 Å². The molecule has 100 valence electrons. The molecule has 0 aliphatic heterocycles. The van der Waals surface area contributed by atoms with E-state index in [0.29, 0.717) is 13.0 Å². The molecule has 1 aromatic heterocycles. The highest BCUT2D eigenvalue weighted by atomic mass is 16.2. The minimum Gasteiger partial charge on any atom is -0.349 e. The van der Waals surface area contributed by atoms with E-state index < -0.39 is 6.04 Å². The summed E-state index contributed by atoms with van der Waals surface area (Å²) in [5.74, 6) is -0.134. The molecule has 1 unspecified atom stereocenters. The number of hydrogen-bond acceptors (Lipinski definition) is 3. The summed E-state index contributed by atoms with van der Waals surface area (Å²) < 4.78 is 0. The molecule has 19 heavy (non-hydrogen) atoms. The van der Waals surface area contributed by atoms with Gasteiger partial charge in [-0.3, -0.25) is 4.79 Å². The normalized spacial score (nSPS) is 12.1. The maximum atomic E-state index is 11.8. The number of nitrogens with zero attached hydrogens (tertiary/aromatic N) is 1. The van der Waals surface area contributed by atoms with E-state index in [1.807, 2.05) is 30.3 Å². The molecule has 1 heterocycles. The molecule has 1 amide bonds. The quantitative estimate of drug-likeness (QED) is 0.722. The lowest BCUT2D eigenvalue weighted by Crippen LogP contribution is -2.40. The van der Waals surface area contributed by atoms with Gasteiger partial charge in [-0.15, -0.1) is 0 Å². The number of rotatable bonds is 6. The molecule has 1 aromatic carbocycles. The van der Waals surface area contributed by atoms with Crippen LogP contribution in [0.1, 0.15) is 17.7 Å². The first-order chi connectivity index (χ1) is 9.25. The van der Waals surface area contributed by atoms with E-state index in [0.717, 1.165) is 12.1 Å². The van der Waals surface area contributed by atoms with Gasteiger partial charge in [0.05, 0.1) is 24.6 Å². The molecule has 2 rings (SSSR count). The second-order valence-electron chi connectivity index (χ2n) is 4.43. The monoisotopic (exact) mass is 258 g/mol. The molecule has 1 atom stereocenters. The number of imidazole rings is 1. The van der Waals surface area contributed by atoms with Crippen LogP contribution in [0.2, 0.25) is 0 Å². The number of amides is 1. The molecular formula is C14H18N4O. The van der Waals surface area contributed by atoms with Crippen LogP contribution in [-0.2, 0) is 17.8 Å². The van der Waals surface area contributed by atoms with Crippen molar-refractivity contribution < 1.29 is 4.79 Å². The lowest BCUT2D eigenvalue weighted by atomic mass is 10.1. The van der Waals surface area contributed by atoms with Gasteiger partial charge in [-0.05, 0) is 18.4 Å². The highest BCUT2D eigenvalue weighted by Crippen LogP contribution is 2.04. The Kier molecular flexibility index (Phi) is 4.69. The second-order valence-corrected chi connectivity index (χ2v) is 4.43. The van der Waals surface area contributed by atoms with Crippen LogP contribution in [0.4, 0.5) is 0 Å². The molecule has 0 bridgehead atoms. The molecule has 0 radical (unpaired) electrons. The number of nitrogens with two attached hydrogens (primary N) is 1. The zero-order chi connectivity index (χ0) is 13.5. The number of H-pyrrole nitrogens is 1. The average molecular weight is 258 g/mol. The van der Waals surface area contributed by atoms with E-state index in [1.54, 1.807) is 12.5 Å². The van der Waals surface area contributed by atoms with Crippen LogP contribution in [0, 0.1) is 0 Å². The summed E-state index contributed by atoms with van der Waals surface area (Å²) in [6.07, 6.45) is 4.70. The van der Waals surface area contributed by atoms with Crippen LogP contribution < -0.4 is 11.1 Å². The van der Waals surface area contributed by atoms with Gasteiger partial charge in [0.2, 0.25) is 5.91 Å². The fourth-order valence-electron chi connectivity index (χ4n) is 1.79. The lowest BCUT2D eigenvalue weighted by molar-refractivity contribution is -0.122. The van der Waals surface area contributed by atoms with E-state index >= 15 is 0 Å². The van der Waals surface area contributed by atoms with Crippen molar-refractivity contribution in [3.05, 3.63) is 54.1 Å². The molecule has 0 aliphatic rings. The Morgan fingerprint density at radius 3 is 2.84 bits per heavy atom. The van der Waals surface area contributed by atoms with Crippen molar-refractivity contribution in [1.29, 1.82) is 0 Å². The first kappa shape index (κ1) is 13.3. The minimum atomic E-state index is -0.483. The van der Waals surface area contributed by atoms with E-state index in [1.165, 1.54) is 5.56 Å². The van der Waals surface area contributed by atoms with Crippen molar-refractivity contribution in [1.82, 2.24) is 15.3 Å². The van der Waals surface area contributed by atoms with Crippen LogP contribution in [0.15, 0.2) is 42.9 Å². The molecule has 0 saturated heterocycles. The Morgan fingerprint density at radius 2 is 2.16 bits per heavy atom. The Hall–Kier alpha value is -2.14. The maximum absolute atomic E-state index is 11.8. The predicted octanol–water partition coefficient (Wildman–Crippen LogP) is 0.986. The fourth-order valence-corrected chi connectivity index (χ4v) is 1.79. The summed E-state index contributed by atoms with van der Waals surface area (Å²) in [7, 11) is 0. The van der Waals surface area contributed by atoms with E-state index in [-0.39, 0.29) is 5.91 Å². The Morgan fingerprint density at radius 1 is 1.37 bits per heavy atom. The highest BCUT2D eigenvalue weighted by Gasteiger charge is 2.12. The van der Waals surface area contributed by atoms with Gasteiger partial charge in [0.15, 0.2) is 0 Å². The van der Waals surface area contributed by atoms with Crippen molar-refractivity contribution in [2.75, 3.05) is 0 Å². The van der Waals surface area contributed by atoms with E-state index in [4.69, 9.17) is 5.73 Å². The van der Waals surface area contributed by atoms with Gasteiger partial charge >= 0.3 is 0 Å². The number of aromatic amines is 1. The Bertz CT molecular complexity index is 495. The largest absolute Gasteiger partial charge is 0.349 e. The van der Waals surface area contributed by atoms with Crippen molar-refractivity contribution in [2.45, 2.75) is 25.4 Å². The molecule has 2 aromatic rings. The van der Waals surface area contributed by atoms with Gasteiger partial charge in [0, 0.05) is 6.20 Å². The van der Waals surface area contributed by atoms with Gasteiger partial charge in [-0.25, -0.2) is 4.98 Å². The number of nitrogens with one attached hydrogen (secondary N) is 2. The second kappa shape index (κ2) is 6.70. The zero-order valence-electron chi connectivity index (χ0n) is 10.7. The third kappa shape index (κ3) is 4.22. The molecule has 0 fully saturated rings. The highest BCUT2D eigenvalue weighted by molar-refractivity contribution is 5.81. The molecule has 5 heteroatoms. The fraction of sp³-hybridized carbons (Fsp3) is 0.286. The molecule has 0 spiro atoms. The van der Waals surface area contributed by atoms with Crippen LogP contribution in [0.3, 0.4) is 0 Å². The van der Waals surface area contributed by atoms with Gasteiger partial charge < -0.3 is 16.0 Å². The summed E-state index contributed by atoms with van der Waals surface area (Å²) in [6, 6.07) is 9.53. The number of hydrogen-bond donors (Lipinski definition) is 3. The van der Waals surface area contributed by atoms with Crippen molar-refractivity contribution in [2.24, 2.45) is 5.73 Å². The van der Waals surface area contributed by atoms with Gasteiger partial charge in [0.1, 0.15) is 0 Å². The summed E-state index contributed by atoms with van der Waals surface area (Å²) >= 11 is 0. The zero-order valence-corrected chi connectivity index (χ0v) is 10.7. The third-order valence-corrected chi connectivity index (χ3v) is 2.93. The predicted molar refractivity (Wildman–Crippen MR) is 73.2 cm³/mol. The Balaban J connectivity index is 1.73. The van der Waals surface area contributed by atoms with Gasteiger partial charge in [-0.2, -0.15) is 0 Å². The average Bonchev–Trinajstić information content (AvgIpc) is 2.96. The molecular weight excluding hydrogens is 240 g/mol. The molecule has 0 aliphatic carbocycles. The van der Waals surface area contributed by atoms with Crippen LogP contribution >= 0.6 is 0 Å². The molecule has 5 nitrogen and oxygen atoms in total. The van der Waals surface area contributed by atoms with Crippen LogP contribution in [0.5, 0.6) is 0 Å². The summed E-state index contributed by atoms with van der Waals surface area (Å²) in [4.78, 5) is 18.6. The number of carbonyl (C=O) groups is 1. The van der Waals surface area contributed by atoms with Crippen LogP contribution in [-0.4, -0.2) is 21.9 Å². The maximum Gasteiger partial charge on any atom is 0.237 e. The van der Waals surface area contributed by atoms with E-state index in [9.17, 15) is 4.79 Å². The number of carbonyl (C=O) groups excluding carboxylic acids is 1. The van der Waals surface area contributed by atoms with Crippen molar-refractivity contribution >= 4 is 5.91 Å². The van der Waals surface area contributed by atoms with Gasteiger partial charge in [0.25, 0.3) is 0 Å². The topological polar surface area (TPSA) is 83.8 Å². The standard InChI is InChI=1S/C14H18N4O/c15-13(7-6-11-4-2-1-3-5-11)14(19)17-9-12-8-16-10-18-12/h1-5,8,10,13H,6-7,9,15H2,(H,16,18)(H,17,19). The third-order valence-electron chi connectivity index (χ3n) is 2.93. The number of benzene rings is 1. The number of aryl methyl sites for hydroxylation is 1. The smallest absolute Gasteiger partial charge is 0.237 e. The summed E-state index contributed by atoms with van der Waals surface area (Å²) in [6.45, 7) is 0.428. The lowest BCUT2D eigenvalue weighted by Gasteiger charge is -2.11. The summed E-state index contributed by atoms with van der Waals surface area (Å²) in [5, 5.41) is 2.79. The number of aromatic nitrogens is 2. The Labute approximate surface area is 112 Å². The van der Waals surface area contributed by atoms with Gasteiger partial charge in [-0.1, -0.05) is 30.3 Å². The minimum absolute atomic E-state index is 0.134. The summed E-state index contributed by atoms with van der Waals surface area (Å²) in [5.41, 5.74) is 7.92. The molecule has 4 N–H and O–H groups in total. The first-order valence-corrected chi connectivity index (χ1v) is 6.30. The van der Waals surface area contributed by atoms with Crippen molar-refractivity contribution in [3.8, 4) is 0 Å². The van der Waals surface area contributed by atoms with Crippen molar-refractivity contribution in [3.63, 3.8) is 0 Å².